The van der Waals surface area contributed by atoms with Gasteiger partial charge in [-0.1, -0.05) is 5.10 Å². The van der Waals surface area contributed by atoms with Crippen LogP contribution in [0.4, 0.5) is 6.01 Å². The molecule has 2 heterocycles. The molecule has 0 amide bonds. The van der Waals surface area contributed by atoms with Gasteiger partial charge in [0.05, 0.1) is 25.4 Å². The van der Waals surface area contributed by atoms with Crippen molar-refractivity contribution in [2.24, 2.45) is 0 Å². The lowest BCUT2D eigenvalue weighted by molar-refractivity contribution is -0.0432. The van der Waals surface area contributed by atoms with E-state index in [1.165, 1.54) is 0 Å². The number of hydrogen-bond acceptors (Lipinski definition) is 6. The zero-order chi connectivity index (χ0) is 12.4. The number of ether oxygens (including phenoxy) is 1. The Morgan fingerprint density at radius 2 is 2.29 bits per heavy atom. The number of alkyl halides is 1. The maximum Gasteiger partial charge on any atom is 0.318 e. The number of hydrogen-bond donors (Lipinski definition) is 1. The number of anilines is 1. The average Bonchev–Trinajstić information content (AvgIpc) is 2.77. The molecular weight excluding hydrogens is 246 g/mol. The number of nitrogens with zero attached hydrogens (tertiary/aromatic N) is 3. The van der Waals surface area contributed by atoms with Gasteiger partial charge in [-0.15, -0.1) is 16.7 Å². The van der Waals surface area contributed by atoms with Gasteiger partial charge in [-0.2, -0.15) is 0 Å². The van der Waals surface area contributed by atoms with E-state index < -0.39 is 0 Å². The fraction of sp³-hybridized carbons (Fsp3) is 0.800. The van der Waals surface area contributed by atoms with Crippen LogP contribution in [0.1, 0.15) is 25.1 Å². The van der Waals surface area contributed by atoms with Crippen LogP contribution in [0.3, 0.4) is 0 Å². The van der Waals surface area contributed by atoms with E-state index in [9.17, 15) is 0 Å². The molecule has 2 rings (SSSR count). The van der Waals surface area contributed by atoms with E-state index >= 15 is 0 Å². The van der Waals surface area contributed by atoms with Crippen LogP contribution < -0.4 is 4.90 Å². The Hall–Kier alpha value is -0.850. The van der Waals surface area contributed by atoms with E-state index in [1.807, 2.05) is 11.8 Å². The van der Waals surface area contributed by atoms with Crippen LogP contribution in [-0.2, 0) is 4.74 Å². The number of aliphatic hydroxyl groups excluding tert-OH is 1. The molecule has 1 aliphatic rings. The summed E-state index contributed by atoms with van der Waals surface area (Å²) in [5, 5.41) is 16.7. The molecule has 96 valence electrons. The molecule has 3 unspecified atom stereocenters. The smallest absolute Gasteiger partial charge is 0.318 e. The van der Waals surface area contributed by atoms with Crippen molar-refractivity contribution in [2.75, 3.05) is 24.6 Å². The van der Waals surface area contributed by atoms with Gasteiger partial charge in [0.2, 0.25) is 5.89 Å². The molecule has 0 radical (unpaired) electrons. The molecule has 3 atom stereocenters. The Labute approximate surface area is 105 Å². The third kappa shape index (κ3) is 2.88. The molecule has 1 aromatic heterocycles. The lowest BCUT2D eigenvalue weighted by Gasteiger charge is -2.34. The summed E-state index contributed by atoms with van der Waals surface area (Å²) in [6, 6.07) is 0.432. The molecule has 0 aliphatic carbocycles. The van der Waals surface area contributed by atoms with Crippen molar-refractivity contribution in [2.45, 2.75) is 31.4 Å². The molecule has 1 aromatic rings. The van der Waals surface area contributed by atoms with Crippen molar-refractivity contribution in [3.63, 3.8) is 0 Å². The molecule has 7 heteroatoms. The fourth-order valence-electron chi connectivity index (χ4n) is 1.82. The summed E-state index contributed by atoms with van der Waals surface area (Å²) >= 11 is 5.86. The molecule has 1 aliphatic heterocycles. The average molecular weight is 262 g/mol. The maximum absolute atomic E-state index is 9.13. The number of rotatable bonds is 3. The lowest BCUT2D eigenvalue weighted by Crippen LogP contribution is -2.48. The summed E-state index contributed by atoms with van der Waals surface area (Å²) < 4.78 is 11.0. The first kappa shape index (κ1) is 12.6. The highest BCUT2D eigenvalue weighted by Crippen LogP contribution is 2.23. The van der Waals surface area contributed by atoms with Crippen LogP contribution in [0, 0.1) is 0 Å². The van der Waals surface area contributed by atoms with Gasteiger partial charge >= 0.3 is 6.01 Å². The van der Waals surface area contributed by atoms with Crippen LogP contribution >= 0.6 is 11.6 Å². The molecular formula is C10H16ClN3O3. The lowest BCUT2D eigenvalue weighted by atomic mass is 10.2. The zero-order valence-electron chi connectivity index (χ0n) is 9.84. The Kier molecular flexibility index (Phi) is 3.86. The van der Waals surface area contributed by atoms with E-state index in [0.29, 0.717) is 25.0 Å². The predicted molar refractivity (Wildman–Crippen MR) is 62.2 cm³/mol. The van der Waals surface area contributed by atoms with Gasteiger partial charge in [-0.3, -0.25) is 0 Å². The molecule has 6 nitrogen and oxygen atoms in total. The highest BCUT2D eigenvalue weighted by Gasteiger charge is 2.28. The highest BCUT2D eigenvalue weighted by atomic mass is 35.5. The Morgan fingerprint density at radius 3 is 2.88 bits per heavy atom. The van der Waals surface area contributed by atoms with E-state index in [1.54, 1.807) is 6.92 Å². The van der Waals surface area contributed by atoms with Crippen LogP contribution in [0.2, 0.25) is 0 Å². The van der Waals surface area contributed by atoms with Crippen LogP contribution in [-0.4, -0.2) is 47.2 Å². The minimum atomic E-state index is -0.302. The fourth-order valence-corrected chi connectivity index (χ4v) is 1.91. The van der Waals surface area contributed by atoms with Crippen molar-refractivity contribution >= 4 is 17.6 Å². The van der Waals surface area contributed by atoms with Crippen LogP contribution in [0.25, 0.3) is 0 Å². The standard InChI is InChI=1S/C10H16ClN3O3/c1-6-3-14(4-8(5-15)16-6)10-13-12-9(17-10)7(2)11/h6-8,15H,3-5H2,1-2H3. The van der Waals surface area contributed by atoms with Crippen molar-refractivity contribution in [3.05, 3.63) is 5.89 Å². The first-order valence-electron chi connectivity index (χ1n) is 5.59. The Bertz CT molecular complexity index is 371. The van der Waals surface area contributed by atoms with Gasteiger partial charge in [0.25, 0.3) is 0 Å². The molecule has 17 heavy (non-hydrogen) atoms. The van der Waals surface area contributed by atoms with Gasteiger partial charge in [0.15, 0.2) is 0 Å². The quantitative estimate of drug-likeness (QED) is 0.817. The summed E-state index contributed by atoms with van der Waals surface area (Å²) in [5.74, 6) is 0.404. The summed E-state index contributed by atoms with van der Waals surface area (Å²) in [6.07, 6.45) is -0.202. The zero-order valence-corrected chi connectivity index (χ0v) is 10.6. The van der Waals surface area contributed by atoms with Crippen molar-refractivity contribution in [1.29, 1.82) is 0 Å². The van der Waals surface area contributed by atoms with E-state index in [0.717, 1.165) is 0 Å². The molecule has 1 saturated heterocycles. The summed E-state index contributed by atoms with van der Waals surface area (Å²) in [5.41, 5.74) is 0. The second-order valence-electron chi connectivity index (χ2n) is 4.20. The van der Waals surface area contributed by atoms with E-state index in [-0.39, 0.29) is 24.2 Å². The van der Waals surface area contributed by atoms with Crippen LogP contribution in [0.15, 0.2) is 4.42 Å². The molecule has 0 bridgehead atoms. The van der Waals surface area contributed by atoms with Gasteiger partial charge < -0.3 is 19.2 Å². The van der Waals surface area contributed by atoms with Gasteiger partial charge in [-0.25, -0.2) is 0 Å². The van der Waals surface area contributed by atoms with E-state index in [4.69, 9.17) is 25.9 Å². The van der Waals surface area contributed by atoms with Crippen molar-refractivity contribution in [1.82, 2.24) is 10.2 Å². The highest BCUT2D eigenvalue weighted by molar-refractivity contribution is 6.20. The predicted octanol–water partition coefficient (Wildman–Crippen LogP) is 0.955. The normalized spacial score (nSPS) is 27.2. The summed E-state index contributed by atoms with van der Waals surface area (Å²) in [6.45, 7) is 4.90. The number of morpholine rings is 1. The number of halogens is 1. The topological polar surface area (TPSA) is 71.6 Å². The summed E-state index contributed by atoms with van der Waals surface area (Å²) in [7, 11) is 0. The second-order valence-corrected chi connectivity index (χ2v) is 4.85. The largest absolute Gasteiger partial charge is 0.406 e. The summed E-state index contributed by atoms with van der Waals surface area (Å²) in [4.78, 5) is 1.91. The van der Waals surface area contributed by atoms with Gasteiger partial charge in [-0.05, 0) is 13.8 Å². The minimum Gasteiger partial charge on any atom is -0.406 e. The van der Waals surface area contributed by atoms with Crippen molar-refractivity contribution in [3.8, 4) is 0 Å². The second kappa shape index (κ2) is 5.20. The Balaban J connectivity index is 2.09. The molecule has 0 spiro atoms. The molecule has 1 fully saturated rings. The Morgan fingerprint density at radius 1 is 1.53 bits per heavy atom. The van der Waals surface area contributed by atoms with Crippen LogP contribution in [0.5, 0.6) is 0 Å². The maximum atomic E-state index is 9.13. The molecule has 0 saturated carbocycles. The SMILES string of the molecule is CC1CN(c2nnc(C(C)Cl)o2)CC(CO)O1. The first-order valence-corrected chi connectivity index (χ1v) is 6.02. The van der Waals surface area contributed by atoms with Gasteiger partial charge in [0.1, 0.15) is 5.38 Å². The molecule has 1 N–H and O–H groups in total. The monoisotopic (exact) mass is 261 g/mol. The number of aliphatic hydroxyl groups is 1. The third-order valence-electron chi connectivity index (χ3n) is 2.57. The number of aromatic nitrogens is 2. The third-order valence-corrected chi connectivity index (χ3v) is 2.76. The molecule has 0 aromatic carbocycles. The van der Waals surface area contributed by atoms with Gasteiger partial charge in [0, 0.05) is 6.54 Å². The first-order chi connectivity index (χ1) is 8.10. The van der Waals surface area contributed by atoms with Crippen molar-refractivity contribution < 1.29 is 14.3 Å². The minimum absolute atomic E-state index is 0.0182. The van der Waals surface area contributed by atoms with E-state index in [2.05, 4.69) is 10.2 Å².